The molecule has 0 aliphatic carbocycles. The predicted molar refractivity (Wildman–Crippen MR) is 92.4 cm³/mol. The minimum atomic E-state index is -3.72. The molecule has 0 unspecified atom stereocenters. The highest BCUT2D eigenvalue weighted by Crippen LogP contribution is 2.30. The number of hydrogen-bond acceptors (Lipinski definition) is 3. The van der Waals surface area contributed by atoms with Crippen molar-refractivity contribution in [3.05, 3.63) is 58.6 Å². The molecular formula is C17H20ClNO3S. The number of sulfonamides is 1. The van der Waals surface area contributed by atoms with Crippen molar-refractivity contribution in [2.45, 2.75) is 31.7 Å². The summed E-state index contributed by atoms with van der Waals surface area (Å²) in [6.45, 7) is 4.43. The topological polar surface area (TPSA) is 55.4 Å². The number of hydrogen-bond donors (Lipinski definition) is 1. The molecule has 23 heavy (non-hydrogen) atoms. The fraction of sp³-hybridized carbons (Fsp3) is 0.294. The summed E-state index contributed by atoms with van der Waals surface area (Å²) in [5.41, 5.74) is 1.66. The van der Waals surface area contributed by atoms with Crippen LogP contribution < -0.4 is 9.46 Å². The van der Waals surface area contributed by atoms with Gasteiger partial charge in [-0.15, -0.1) is 0 Å². The molecule has 2 aromatic rings. The largest absolute Gasteiger partial charge is 0.492 e. The minimum absolute atomic E-state index is 0.0671. The van der Waals surface area contributed by atoms with Crippen LogP contribution in [-0.4, -0.2) is 15.0 Å². The predicted octanol–water partition coefficient (Wildman–Crippen LogP) is 3.92. The van der Waals surface area contributed by atoms with Crippen LogP contribution in [0.4, 0.5) is 0 Å². The van der Waals surface area contributed by atoms with Crippen LogP contribution in [0.15, 0.2) is 47.4 Å². The Morgan fingerprint density at radius 1 is 1.17 bits per heavy atom. The molecule has 6 heteroatoms. The van der Waals surface area contributed by atoms with Crippen molar-refractivity contribution in [1.29, 1.82) is 0 Å². The molecule has 2 rings (SSSR count). The molecule has 0 saturated carbocycles. The van der Waals surface area contributed by atoms with Crippen molar-refractivity contribution < 1.29 is 13.2 Å². The maximum Gasteiger partial charge on any atom is 0.244 e. The highest BCUT2D eigenvalue weighted by atomic mass is 35.5. The molecule has 0 amide bonds. The van der Waals surface area contributed by atoms with E-state index in [9.17, 15) is 8.42 Å². The molecule has 0 spiro atoms. The SMILES string of the molecule is CCCOc1cc(C)c(Cl)cc1S(=O)(=O)NCc1ccccc1. The number of rotatable bonds is 7. The number of benzene rings is 2. The zero-order valence-electron chi connectivity index (χ0n) is 13.2. The molecule has 0 aromatic heterocycles. The number of nitrogens with one attached hydrogen (secondary N) is 1. The second-order valence-electron chi connectivity index (χ2n) is 5.21. The van der Waals surface area contributed by atoms with E-state index in [4.69, 9.17) is 16.3 Å². The van der Waals surface area contributed by atoms with Crippen LogP contribution in [0.5, 0.6) is 5.75 Å². The monoisotopic (exact) mass is 353 g/mol. The van der Waals surface area contributed by atoms with Crippen molar-refractivity contribution >= 4 is 21.6 Å². The molecule has 0 aliphatic heterocycles. The first-order valence-electron chi connectivity index (χ1n) is 7.40. The second-order valence-corrected chi connectivity index (χ2v) is 7.35. The van der Waals surface area contributed by atoms with E-state index in [0.29, 0.717) is 17.4 Å². The van der Waals surface area contributed by atoms with Gasteiger partial charge in [0.25, 0.3) is 0 Å². The molecule has 0 fully saturated rings. The molecule has 0 radical (unpaired) electrons. The zero-order chi connectivity index (χ0) is 16.9. The van der Waals surface area contributed by atoms with Crippen LogP contribution >= 0.6 is 11.6 Å². The van der Waals surface area contributed by atoms with Gasteiger partial charge in [-0.25, -0.2) is 13.1 Å². The molecule has 0 saturated heterocycles. The Kier molecular flexibility index (Phi) is 6.04. The molecule has 124 valence electrons. The first kappa shape index (κ1) is 17.8. The van der Waals surface area contributed by atoms with Gasteiger partial charge in [0, 0.05) is 11.6 Å². The average molecular weight is 354 g/mol. The fourth-order valence-electron chi connectivity index (χ4n) is 2.02. The van der Waals surface area contributed by atoms with Crippen LogP contribution in [0.2, 0.25) is 5.02 Å². The third kappa shape index (κ3) is 4.70. The molecule has 0 heterocycles. The maximum atomic E-state index is 12.6. The van der Waals surface area contributed by atoms with Gasteiger partial charge in [0.15, 0.2) is 0 Å². The molecule has 0 bridgehead atoms. The van der Waals surface area contributed by atoms with E-state index in [2.05, 4.69) is 4.72 Å². The Morgan fingerprint density at radius 2 is 1.87 bits per heavy atom. The Hall–Kier alpha value is -1.56. The first-order chi connectivity index (χ1) is 10.9. The average Bonchev–Trinajstić information content (AvgIpc) is 2.54. The third-order valence-electron chi connectivity index (χ3n) is 3.29. The lowest BCUT2D eigenvalue weighted by Gasteiger charge is -2.14. The Bertz CT molecular complexity index is 761. The second kappa shape index (κ2) is 7.81. The van der Waals surface area contributed by atoms with Crippen molar-refractivity contribution in [2.75, 3.05) is 6.61 Å². The van der Waals surface area contributed by atoms with Gasteiger partial charge in [0.05, 0.1) is 6.61 Å². The van der Waals surface area contributed by atoms with Crippen molar-refractivity contribution in [3.63, 3.8) is 0 Å². The van der Waals surface area contributed by atoms with Gasteiger partial charge >= 0.3 is 0 Å². The van der Waals surface area contributed by atoms with E-state index in [1.165, 1.54) is 6.07 Å². The standard InChI is InChI=1S/C17H20ClNO3S/c1-3-9-22-16-10-13(2)15(18)11-17(16)23(20,21)19-12-14-7-5-4-6-8-14/h4-8,10-11,19H,3,9,12H2,1-2H3. The maximum absolute atomic E-state index is 12.6. The molecule has 0 aliphatic rings. The van der Waals surface area contributed by atoms with Crippen molar-refractivity contribution in [1.82, 2.24) is 4.72 Å². The summed E-state index contributed by atoms with van der Waals surface area (Å²) in [5, 5.41) is 0.397. The Balaban J connectivity index is 2.28. The minimum Gasteiger partial charge on any atom is -0.492 e. The number of aryl methyl sites for hydroxylation is 1. The summed E-state index contributed by atoms with van der Waals surface area (Å²) in [4.78, 5) is 0.0671. The van der Waals surface area contributed by atoms with Crippen LogP contribution in [0.3, 0.4) is 0 Å². The van der Waals surface area contributed by atoms with Crippen LogP contribution in [-0.2, 0) is 16.6 Å². The van der Waals surface area contributed by atoms with Crippen molar-refractivity contribution in [2.24, 2.45) is 0 Å². The summed E-state index contributed by atoms with van der Waals surface area (Å²) < 4.78 is 33.4. The first-order valence-corrected chi connectivity index (χ1v) is 9.26. The smallest absolute Gasteiger partial charge is 0.244 e. The van der Waals surface area contributed by atoms with Gasteiger partial charge in [0.1, 0.15) is 10.6 Å². The lowest BCUT2D eigenvalue weighted by molar-refractivity contribution is 0.309. The zero-order valence-corrected chi connectivity index (χ0v) is 14.7. The van der Waals surface area contributed by atoms with E-state index in [1.807, 2.05) is 44.2 Å². The van der Waals surface area contributed by atoms with Gasteiger partial charge in [-0.3, -0.25) is 0 Å². The highest BCUT2D eigenvalue weighted by molar-refractivity contribution is 7.89. The number of ether oxygens (including phenoxy) is 1. The van der Waals surface area contributed by atoms with Crippen molar-refractivity contribution in [3.8, 4) is 5.75 Å². The van der Waals surface area contributed by atoms with E-state index in [1.54, 1.807) is 6.07 Å². The van der Waals surface area contributed by atoms with Crippen LogP contribution in [0.25, 0.3) is 0 Å². The number of halogens is 1. The van der Waals surface area contributed by atoms with Crippen LogP contribution in [0.1, 0.15) is 24.5 Å². The quantitative estimate of drug-likeness (QED) is 0.820. The summed E-state index contributed by atoms with van der Waals surface area (Å²) >= 11 is 6.10. The van der Waals surface area contributed by atoms with E-state index >= 15 is 0 Å². The Morgan fingerprint density at radius 3 is 2.52 bits per heavy atom. The summed E-state index contributed by atoms with van der Waals surface area (Å²) in [5.74, 6) is 0.328. The summed E-state index contributed by atoms with van der Waals surface area (Å²) in [7, 11) is -3.72. The normalized spacial score (nSPS) is 11.4. The summed E-state index contributed by atoms with van der Waals surface area (Å²) in [6.07, 6.45) is 0.790. The molecule has 0 atom stereocenters. The van der Waals surface area contributed by atoms with Crippen LogP contribution in [0, 0.1) is 6.92 Å². The third-order valence-corrected chi connectivity index (χ3v) is 5.11. The van der Waals surface area contributed by atoms with Gasteiger partial charge in [-0.05, 0) is 36.6 Å². The molecule has 4 nitrogen and oxygen atoms in total. The molecule has 2 aromatic carbocycles. The van der Waals surface area contributed by atoms with Gasteiger partial charge in [-0.2, -0.15) is 0 Å². The van der Waals surface area contributed by atoms with E-state index in [0.717, 1.165) is 17.5 Å². The van der Waals surface area contributed by atoms with E-state index < -0.39 is 10.0 Å². The van der Waals surface area contributed by atoms with Gasteiger partial charge < -0.3 is 4.74 Å². The molecule has 1 N–H and O–H groups in total. The van der Waals surface area contributed by atoms with Gasteiger partial charge in [-0.1, -0.05) is 48.9 Å². The molecular weight excluding hydrogens is 334 g/mol. The van der Waals surface area contributed by atoms with Gasteiger partial charge in [0.2, 0.25) is 10.0 Å². The lowest BCUT2D eigenvalue weighted by atomic mass is 10.2. The lowest BCUT2D eigenvalue weighted by Crippen LogP contribution is -2.24. The Labute approximate surface area is 142 Å². The summed E-state index contributed by atoms with van der Waals surface area (Å²) in [6, 6.07) is 12.4. The highest BCUT2D eigenvalue weighted by Gasteiger charge is 2.21. The fourth-order valence-corrected chi connectivity index (χ4v) is 3.42. The van der Waals surface area contributed by atoms with E-state index in [-0.39, 0.29) is 11.4 Å².